The van der Waals surface area contributed by atoms with Crippen LogP contribution in [0.1, 0.15) is 11.4 Å². The number of fused-ring (bicyclic) bond motifs is 2. The van der Waals surface area contributed by atoms with Gasteiger partial charge < -0.3 is 9.47 Å². The molecule has 1 aromatic heterocycles. The minimum atomic E-state index is -0.0244. The van der Waals surface area contributed by atoms with Crippen LogP contribution < -0.4 is 4.74 Å². The zero-order chi connectivity index (χ0) is 13.7. The van der Waals surface area contributed by atoms with E-state index in [-0.39, 0.29) is 5.60 Å². The quantitative estimate of drug-likeness (QED) is 0.862. The molecule has 20 heavy (non-hydrogen) atoms. The summed E-state index contributed by atoms with van der Waals surface area (Å²) in [5.41, 5.74) is 2.21. The summed E-state index contributed by atoms with van der Waals surface area (Å²) in [5, 5.41) is 1.07. The molecule has 2 aliphatic carbocycles. The lowest BCUT2D eigenvalue weighted by Crippen LogP contribution is -2.12. The number of allylic oxidation sites excluding steroid dienone is 2. The predicted octanol–water partition coefficient (Wildman–Crippen LogP) is 3.66. The number of nitrogens with zero attached hydrogens (tertiary/aromatic N) is 1. The Morgan fingerprint density at radius 3 is 3.00 bits per heavy atom. The summed E-state index contributed by atoms with van der Waals surface area (Å²) in [6.45, 7) is 0. The molecule has 0 aliphatic heterocycles. The second-order valence-corrected chi connectivity index (χ2v) is 6.31. The summed E-state index contributed by atoms with van der Waals surface area (Å²) in [5.74, 6) is 1.38. The highest BCUT2D eigenvalue weighted by Gasteiger charge is 2.53. The van der Waals surface area contributed by atoms with Crippen LogP contribution in [0, 0.1) is 5.92 Å². The number of methoxy groups -OCH3 is 2. The van der Waals surface area contributed by atoms with Gasteiger partial charge in [-0.2, -0.15) is 0 Å². The lowest BCUT2D eigenvalue weighted by atomic mass is 10.1. The molecule has 1 fully saturated rings. The van der Waals surface area contributed by atoms with E-state index in [0.717, 1.165) is 27.4 Å². The van der Waals surface area contributed by atoms with Crippen molar-refractivity contribution in [3.05, 3.63) is 41.4 Å². The molecule has 2 aromatic rings. The number of aromatic nitrogens is 1. The zero-order valence-corrected chi connectivity index (χ0v) is 12.2. The number of benzene rings is 1. The van der Waals surface area contributed by atoms with Crippen LogP contribution in [0.2, 0.25) is 0 Å². The molecule has 1 saturated carbocycles. The van der Waals surface area contributed by atoms with Gasteiger partial charge >= 0.3 is 0 Å². The molecule has 0 radical (unpaired) electrons. The van der Waals surface area contributed by atoms with Crippen molar-refractivity contribution in [2.24, 2.45) is 5.92 Å². The average molecular weight is 285 g/mol. The van der Waals surface area contributed by atoms with Crippen LogP contribution >= 0.6 is 11.3 Å². The van der Waals surface area contributed by atoms with E-state index < -0.39 is 0 Å². The Balaban J connectivity index is 1.72. The second-order valence-electron chi connectivity index (χ2n) is 5.28. The monoisotopic (exact) mass is 285 g/mol. The first kappa shape index (κ1) is 12.1. The van der Waals surface area contributed by atoms with E-state index in [1.165, 1.54) is 5.57 Å². The van der Waals surface area contributed by atoms with Crippen molar-refractivity contribution in [2.75, 3.05) is 14.2 Å². The lowest BCUT2D eigenvalue weighted by molar-refractivity contribution is 0.112. The molecule has 0 bridgehead atoms. The molecular weight excluding hydrogens is 270 g/mol. The van der Waals surface area contributed by atoms with Gasteiger partial charge in [-0.1, -0.05) is 18.2 Å². The van der Waals surface area contributed by atoms with Crippen molar-refractivity contribution >= 4 is 27.1 Å². The van der Waals surface area contributed by atoms with Crippen molar-refractivity contribution in [3.8, 4) is 5.75 Å². The van der Waals surface area contributed by atoms with Gasteiger partial charge in [-0.3, -0.25) is 0 Å². The zero-order valence-electron chi connectivity index (χ0n) is 11.4. The Hall–Kier alpha value is -1.65. The number of ether oxygens (including phenoxy) is 2. The fourth-order valence-corrected chi connectivity index (χ4v) is 3.78. The van der Waals surface area contributed by atoms with Gasteiger partial charge in [0.1, 0.15) is 10.8 Å². The van der Waals surface area contributed by atoms with E-state index in [4.69, 9.17) is 14.5 Å². The Kier molecular flexibility index (Phi) is 2.53. The maximum Gasteiger partial charge on any atom is 0.124 e. The topological polar surface area (TPSA) is 31.4 Å². The van der Waals surface area contributed by atoms with Crippen LogP contribution in [-0.4, -0.2) is 24.8 Å². The van der Waals surface area contributed by atoms with Crippen molar-refractivity contribution < 1.29 is 9.47 Å². The van der Waals surface area contributed by atoms with Crippen LogP contribution in [0.15, 0.2) is 36.4 Å². The van der Waals surface area contributed by atoms with Gasteiger partial charge in [-0.25, -0.2) is 4.98 Å². The molecular formula is C16H15NO2S. The molecule has 2 unspecified atom stereocenters. The summed E-state index contributed by atoms with van der Waals surface area (Å²) in [6.07, 6.45) is 7.70. The molecule has 1 aromatic carbocycles. The molecule has 0 N–H and O–H groups in total. The highest BCUT2D eigenvalue weighted by atomic mass is 32.1. The Labute approximate surface area is 121 Å². The van der Waals surface area contributed by atoms with Crippen molar-refractivity contribution in [2.45, 2.75) is 12.0 Å². The molecule has 3 nitrogen and oxygen atoms in total. The van der Waals surface area contributed by atoms with E-state index in [0.29, 0.717) is 5.92 Å². The summed E-state index contributed by atoms with van der Waals surface area (Å²) in [7, 11) is 3.47. The third-order valence-electron chi connectivity index (χ3n) is 4.15. The normalized spacial score (nSPS) is 27.3. The second kappa shape index (κ2) is 4.17. The van der Waals surface area contributed by atoms with Crippen LogP contribution in [0.5, 0.6) is 5.75 Å². The fraction of sp³-hybridized carbons (Fsp3) is 0.312. The Bertz CT molecular complexity index is 746. The highest BCUT2D eigenvalue weighted by molar-refractivity contribution is 7.19. The van der Waals surface area contributed by atoms with Crippen molar-refractivity contribution in [1.29, 1.82) is 0 Å². The summed E-state index contributed by atoms with van der Waals surface area (Å²) in [4.78, 5) is 4.72. The molecule has 0 saturated heterocycles. The molecule has 2 atom stereocenters. The fourth-order valence-electron chi connectivity index (χ4n) is 2.78. The highest BCUT2D eigenvalue weighted by Crippen LogP contribution is 2.52. The molecule has 1 heterocycles. The predicted molar refractivity (Wildman–Crippen MR) is 81.1 cm³/mol. The Morgan fingerprint density at radius 1 is 1.35 bits per heavy atom. The average Bonchev–Trinajstić information content (AvgIpc) is 3.07. The van der Waals surface area contributed by atoms with Gasteiger partial charge in [-0.05, 0) is 24.6 Å². The van der Waals surface area contributed by atoms with E-state index in [1.54, 1.807) is 25.6 Å². The molecule has 0 spiro atoms. The Morgan fingerprint density at radius 2 is 2.25 bits per heavy atom. The third kappa shape index (κ3) is 1.72. The molecule has 4 heteroatoms. The van der Waals surface area contributed by atoms with Gasteiger partial charge in [0.25, 0.3) is 0 Å². The smallest absolute Gasteiger partial charge is 0.124 e. The third-order valence-corrected chi connectivity index (χ3v) is 5.22. The van der Waals surface area contributed by atoms with E-state index in [9.17, 15) is 0 Å². The molecule has 0 amide bonds. The largest absolute Gasteiger partial charge is 0.497 e. The molecule has 102 valence electrons. The van der Waals surface area contributed by atoms with Gasteiger partial charge in [0.05, 0.1) is 22.9 Å². The van der Waals surface area contributed by atoms with Gasteiger partial charge in [0.2, 0.25) is 0 Å². The molecule has 4 rings (SSSR count). The van der Waals surface area contributed by atoms with Crippen LogP contribution in [0.25, 0.3) is 15.8 Å². The first-order valence-corrected chi connectivity index (χ1v) is 7.47. The lowest BCUT2D eigenvalue weighted by Gasteiger charge is -2.13. The number of rotatable bonds is 3. The van der Waals surface area contributed by atoms with Crippen LogP contribution in [0.4, 0.5) is 0 Å². The maximum atomic E-state index is 5.56. The van der Waals surface area contributed by atoms with Gasteiger partial charge in [0, 0.05) is 18.6 Å². The van der Waals surface area contributed by atoms with Gasteiger partial charge in [0.15, 0.2) is 0 Å². The first-order valence-electron chi connectivity index (χ1n) is 6.65. The maximum absolute atomic E-state index is 5.56. The van der Waals surface area contributed by atoms with Crippen molar-refractivity contribution in [1.82, 2.24) is 4.98 Å². The number of hydrogen-bond donors (Lipinski definition) is 0. The van der Waals surface area contributed by atoms with Gasteiger partial charge in [-0.15, -0.1) is 11.3 Å². The van der Waals surface area contributed by atoms with E-state index in [2.05, 4.69) is 18.2 Å². The van der Waals surface area contributed by atoms with Crippen molar-refractivity contribution in [3.63, 3.8) is 0 Å². The summed E-state index contributed by atoms with van der Waals surface area (Å²) < 4.78 is 12.0. The molecule has 2 aliphatic rings. The minimum absolute atomic E-state index is 0.0244. The van der Waals surface area contributed by atoms with Crippen LogP contribution in [-0.2, 0) is 4.74 Å². The van der Waals surface area contributed by atoms with Crippen LogP contribution in [0.3, 0.4) is 0 Å². The first-order chi connectivity index (χ1) is 9.74. The SMILES string of the molecule is COc1ccc2nc(C3=CC4CC4(OC)C=C3)sc2c1. The number of thiazole rings is 1. The number of hydrogen-bond acceptors (Lipinski definition) is 4. The minimum Gasteiger partial charge on any atom is -0.497 e. The summed E-state index contributed by atoms with van der Waals surface area (Å²) >= 11 is 1.71. The standard InChI is InChI=1S/C16H15NO2S/c1-18-12-3-4-13-14(8-12)20-15(17-13)10-5-6-16(19-2)9-11(16)7-10/h3-8,11H,9H2,1-2H3. The summed E-state index contributed by atoms with van der Waals surface area (Å²) in [6, 6.07) is 6.01. The van der Waals surface area contributed by atoms with E-state index >= 15 is 0 Å². The van der Waals surface area contributed by atoms with E-state index in [1.807, 2.05) is 18.2 Å².